The van der Waals surface area contributed by atoms with Crippen molar-refractivity contribution in [1.29, 1.82) is 0 Å². The van der Waals surface area contributed by atoms with Crippen molar-refractivity contribution in [2.75, 3.05) is 25.0 Å². The number of anilines is 1. The van der Waals surface area contributed by atoms with Crippen molar-refractivity contribution < 1.29 is 27.1 Å². The lowest BCUT2D eigenvalue weighted by molar-refractivity contribution is -0.142. The number of nitrogens with one attached hydrogen (secondary N) is 1. The van der Waals surface area contributed by atoms with Crippen LogP contribution in [0.25, 0.3) is 6.08 Å². The molecular formula is C21H23FN2O5S. The Bertz CT molecular complexity index is 999. The van der Waals surface area contributed by atoms with Crippen LogP contribution in [0.1, 0.15) is 19.4 Å². The number of carbonyl (C=O) groups is 2. The molecule has 2 aromatic carbocycles. The van der Waals surface area contributed by atoms with Crippen LogP contribution in [-0.4, -0.2) is 44.3 Å². The van der Waals surface area contributed by atoms with Gasteiger partial charge in [0.15, 0.2) is 6.61 Å². The number of sulfonamides is 1. The third-order valence-electron chi connectivity index (χ3n) is 4.11. The molecule has 160 valence electrons. The van der Waals surface area contributed by atoms with Crippen LogP contribution >= 0.6 is 0 Å². The molecule has 7 nitrogen and oxygen atoms in total. The molecule has 0 saturated carbocycles. The zero-order valence-electron chi connectivity index (χ0n) is 16.7. The second-order valence-electron chi connectivity index (χ2n) is 6.15. The monoisotopic (exact) mass is 434 g/mol. The van der Waals surface area contributed by atoms with Crippen LogP contribution in [0, 0.1) is 5.82 Å². The van der Waals surface area contributed by atoms with Crippen LogP contribution in [0.15, 0.2) is 59.5 Å². The first kappa shape index (κ1) is 23.2. The van der Waals surface area contributed by atoms with Gasteiger partial charge in [0.1, 0.15) is 5.82 Å². The van der Waals surface area contributed by atoms with Crippen molar-refractivity contribution in [3.05, 3.63) is 66.0 Å². The van der Waals surface area contributed by atoms with E-state index >= 15 is 0 Å². The molecule has 0 unspecified atom stereocenters. The maximum absolute atomic E-state index is 12.8. The lowest BCUT2D eigenvalue weighted by Gasteiger charge is -2.18. The number of esters is 1. The number of nitrogens with zero attached hydrogens (tertiary/aromatic N) is 1. The van der Waals surface area contributed by atoms with E-state index in [9.17, 15) is 22.4 Å². The van der Waals surface area contributed by atoms with Crippen molar-refractivity contribution in [3.8, 4) is 0 Å². The van der Waals surface area contributed by atoms with Gasteiger partial charge in [0.2, 0.25) is 10.0 Å². The molecule has 2 aromatic rings. The van der Waals surface area contributed by atoms with Gasteiger partial charge in [0, 0.05) is 24.9 Å². The highest BCUT2D eigenvalue weighted by Gasteiger charge is 2.21. The van der Waals surface area contributed by atoms with Crippen molar-refractivity contribution in [1.82, 2.24) is 4.31 Å². The number of ether oxygens (including phenoxy) is 1. The Balaban J connectivity index is 1.87. The maximum atomic E-state index is 12.8. The molecule has 1 amide bonds. The fraction of sp³-hybridized carbons (Fsp3) is 0.238. The summed E-state index contributed by atoms with van der Waals surface area (Å²) in [5, 5.41) is 2.52. The minimum atomic E-state index is -3.58. The van der Waals surface area contributed by atoms with E-state index in [-0.39, 0.29) is 10.7 Å². The van der Waals surface area contributed by atoms with Gasteiger partial charge >= 0.3 is 5.97 Å². The number of halogens is 1. The van der Waals surface area contributed by atoms with E-state index in [1.54, 1.807) is 13.8 Å². The quantitative estimate of drug-likeness (QED) is 0.484. The molecule has 0 aromatic heterocycles. The Labute approximate surface area is 175 Å². The molecule has 0 fully saturated rings. The van der Waals surface area contributed by atoms with Gasteiger partial charge in [-0.1, -0.05) is 26.0 Å². The minimum absolute atomic E-state index is 0.126. The second kappa shape index (κ2) is 10.7. The molecule has 0 atom stereocenters. The highest BCUT2D eigenvalue weighted by molar-refractivity contribution is 7.89. The summed E-state index contributed by atoms with van der Waals surface area (Å²) in [5.41, 5.74) is 0.981. The summed E-state index contributed by atoms with van der Waals surface area (Å²) in [6, 6.07) is 11.2. The van der Waals surface area contributed by atoms with E-state index in [4.69, 9.17) is 4.74 Å². The number of amides is 1. The third kappa shape index (κ3) is 6.50. The summed E-state index contributed by atoms with van der Waals surface area (Å²) in [6.45, 7) is 3.72. The fourth-order valence-corrected chi connectivity index (χ4v) is 4.00. The molecule has 0 radical (unpaired) electrons. The first-order valence-corrected chi connectivity index (χ1v) is 10.7. The van der Waals surface area contributed by atoms with E-state index < -0.39 is 28.5 Å². The van der Waals surface area contributed by atoms with Crippen LogP contribution in [0.3, 0.4) is 0 Å². The van der Waals surface area contributed by atoms with Crippen LogP contribution in [0.4, 0.5) is 10.1 Å². The first-order chi connectivity index (χ1) is 14.3. The molecule has 0 saturated heterocycles. The largest absolute Gasteiger partial charge is 0.452 e. The van der Waals surface area contributed by atoms with Crippen molar-refractivity contribution >= 4 is 33.7 Å². The molecule has 0 heterocycles. The maximum Gasteiger partial charge on any atom is 0.331 e. The molecule has 2 rings (SSSR count). The number of carbonyl (C=O) groups excluding carboxylic acids is 2. The molecular weight excluding hydrogens is 411 g/mol. The van der Waals surface area contributed by atoms with Gasteiger partial charge in [-0.3, -0.25) is 4.79 Å². The summed E-state index contributed by atoms with van der Waals surface area (Å²) in [6.07, 6.45) is 2.57. The molecule has 30 heavy (non-hydrogen) atoms. The average Bonchev–Trinajstić information content (AvgIpc) is 2.73. The van der Waals surface area contributed by atoms with Gasteiger partial charge in [-0.2, -0.15) is 4.31 Å². The first-order valence-electron chi connectivity index (χ1n) is 9.26. The molecule has 0 bridgehead atoms. The van der Waals surface area contributed by atoms with Gasteiger partial charge in [0.25, 0.3) is 5.91 Å². The van der Waals surface area contributed by atoms with Crippen molar-refractivity contribution in [2.24, 2.45) is 0 Å². The summed E-state index contributed by atoms with van der Waals surface area (Å²) in [7, 11) is -3.58. The van der Waals surface area contributed by atoms with E-state index in [0.29, 0.717) is 24.3 Å². The Kier molecular flexibility index (Phi) is 8.25. The molecule has 1 N–H and O–H groups in total. The lowest BCUT2D eigenvalue weighted by atomic mass is 10.2. The zero-order chi connectivity index (χ0) is 22.1. The molecule has 0 spiro atoms. The predicted molar refractivity (Wildman–Crippen MR) is 112 cm³/mol. The van der Waals surface area contributed by atoms with E-state index in [1.165, 1.54) is 58.9 Å². The second-order valence-corrected chi connectivity index (χ2v) is 8.09. The molecule has 0 aliphatic heterocycles. The summed E-state index contributed by atoms with van der Waals surface area (Å²) < 4.78 is 43.9. The lowest BCUT2D eigenvalue weighted by Crippen LogP contribution is -2.30. The molecule has 9 heteroatoms. The van der Waals surface area contributed by atoms with Gasteiger partial charge in [0.05, 0.1) is 4.90 Å². The Morgan fingerprint density at radius 2 is 1.63 bits per heavy atom. The Hall–Kier alpha value is -3.04. The SMILES string of the molecule is CCN(CC)S(=O)(=O)c1ccc(NC(=O)COC(=O)/C=C/c2ccc(F)cc2)cc1. The molecule has 0 aliphatic carbocycles. The summed E-state index contributed by atoms with van der Waals surface area (Å²) in [4.78, 5) is 23.7. The standard InChI is InChI=1S/C21H23FN2O5S/c1-3-24(4-2)30(27,28)19-12-10-18(11-13-19)23-20(25)15-29-21(26)14-7-16-5-8-17(22)9-6-16/h5-14H,3-4,15H2,1-2H3,(H,23,25)/b14-7+. The van der Waals surface area contributed by atoms with Crippen LogP contribution in [-0.2, 0) is 24.3 Å². The average molecular weight is 434 g/mol. The fourth-order valence-electron chi connectivity index (χ4n) is 2.54. The van der Waals surface area contributed by atoms with Gasteiger partial charge in [-0.15, -0.1) is 0 Å². The highest BCUT2D eigenvalue weighted by atomic mass is 32.2. The van der Waals surface area contributed by atoms with Gasteiger partial charge in [-0.25, -0.2) is 17.6 Å². The normalized spacial score (nSPS) is 11.6. The third-order valence-corrected chi connectivity index (χ3v) is 6.17. The summed E-state index contributed by atoms with van der Waals surface area (Å²) >= 11 is 0. The minimum Gasteiger partial charge on any atom is -0.452 e. The topological polar surface area (TPSA) is 92.8 Å². The Morgan fingerprint density at radius 3 is 2.20 bits per heavy atom. The van der Waals surface area contributed by atoms with E-state index in [1.807, 2.05) is 0 Å². The Morgan fingerprint density at radius 1 is 1.03 bits per heavy atom. The number of benzene rings is 2. The number of hydrogen-bond donors (Lipinski definition) is 1. The predicted octanol–water partition coefficient (Wildman–Crippen LogP) is 3.05. The highest BCUT2D eigenvalue weighted by Crippen LogP contribution is 2.18. The van der Waals surface area contributed by atoms with Crippen LogP contribution < -0.4 is 5.32 Å². The van der Waals surface area contributed by atoms with E-state index in [0.717, 1.165) is 6.08 Å². The van der Waals surface area contributed by atoms with Crippen molar-refractivity contribution in [2.45, 2.75) is 18.7 Å². The van der Waals surface area contributed by atoms with Gasteiger partial charge in [-0.05, 0) is 48.0 Å². The smallest absolute Gasteiger partial charge is 0.331 e. The van der Waals surface area contributed by atoms with Gasteiger partial charge < -0.3 is 10.1 Å². The number of rotatable bonds is 9. The molecule has 0 aliphatic rings. The zero-order valence-corrected chi connectivity index (χ0v) is 17.5. The summed E-state index contributed by atoms with van der Waals surface area (Å²) in [5.74, 6) is -1.68. The van der Waals surface area contributed by atoms with Crippen molar-refractivity contribution in [3.63, 3.8) is 0 Å². The van der Waals surface area contributed by atoms with E-state index in [2.05, 4.69) is 5.32 Å². The van der Waals surface area contributed by atoms with Crippen LogP contribution in [0.5, 0.6) is 0 Å². The number of hydrogen-bond acceptors (Lipinski definition) is 5. The van der Waals surface area contributed by atoms with Crippen LogP contribution in [0.2, 0.25) is 0 Å².